The summed E-state index contributed by atoms with van der Waals surface area (Å²) in [6, 6.07) is 5.23. The smallest absolute Gasteiger partial charge is 0.270 e. The summed E-state index contributed by atoms with van der Waals surface area (Å²) in [7, 11) is 0. The van der Waals surface area contributed by atoms with Gasteiger partial charge in [-0.05, 0) is 28.1 Å². The summed E-state index contributed by atoms with van der Waals surface area (Å²) in [5.41, 5.74) is 0.455. The number of pyridine rings is 1. The van der Waals surface area contributed by atoms with Crippen LogP contribution in [0.15, 0.2) is 41.1 Å². The van der Waals surface area contributed by atoms with Crippen molar-refractivity contribution < 1.29 is 14.8 Å². The molecule has 0 aliphatic carbocycles. The molecule has 0 bridgehead atoms. The van der Waals surface area contributed by atoms with Crippen molar-refractivity contribution in [3.63, 3.8) is 0 Å². The second-order valence-electron chi connectivity index (χ2n) is 4.14. The minimum atomic E-state index is -0.566. The van der Waals surface area contributed by atoms with E-state index < -0.39 is 10.8 Å². The van der Waals surface area contributed by atoms with E-state index in [1.54, 1.807) is 12.3 Å². The highest BCUT2D eigenvalue weighted by molar-refractivity contribution is 9.10. The average molecular weight is 352 g/mol. The fraction of sp³-hybridized carbons (Fsp3) is 0.0769. The molecule has 8 heteroatoms. The van der Waals surface area contributed by atoms with Gasteiger partial charge in [-0.25, -0.2) is 0 Å². The van der Waals surface area contributed by atoms with Crippen LogP contribution in [-0.4, -0.2) is 20.9 Å². The molecule has 0 radical (unpaired) electrons. The third-order valence-corrected chi connectivity index (χ3v) is 3.11. The summed E-state index contributed by atoms with van der Waals surface area (Å²) in [5, 5.41) is 22.9. The monoisotopic (exact) mass is 351 g/mol. The number of carbonyl (C=O) groups excluding carboxylic acids is 1. The third kappa shape index (κ3) is 3.76. The molecule has 1 aromatic heterocycles. The highest BCUT2D eigenvalue weighted by atomic mass is 79.9. The molecule has 1 aromatic carbocycles. The van der Waals surface area contributed by atoms with Gasteiger partial charge >= 0.3 is 0 Å². The third-order valence-electron chi connectivity index (χ3n) is 2.68. The van der Waals surface area contributed by atoms with E-state index in [0.29, 0.717) is 10.0 Å². The number of amides is 1. The maximum Gasteiger partial charge on any atom is 0.270 e. The van der Waals surface area contributed by atoms with Crippen LogP contribution in [0.2, 0.25) is 0 Å². The molecule has 0 fully saturated rings. The fourth-order valence-electron chi connectivity index (χ4n) is 1.64. The minimum Gasteiger partial charge on any atom is -0.508 e. The molecule has 2 N–H and O–H groups in total. The number of nitro groups is 1. The summed E-state index contributed by atoms with van der Waals surface area (Å²) in [5.74, 6) is -0.511. The number of phenols is 1. The topological polar surface area (TPSA) is 105 Å². The molecule has 0 unspecified atom stereocenters. The standard InChI is InChI=1S/C13H10BrN3O4/c14-10-3-9(5-15-7-10)13(19)16-6-8-4-11(17(20)21)1-2-12(8)18/h1-5,7,18H,6H2,(H,16,19). The van der Waals surface area contributed by atoms with Crippen LogP contribution in [0.3, 0.4) is 0 Å². The molecule has 0 aliphatic heterocycles. The Morgan fingerprint density at radius 1 is 1.38 bits per heavy atom. The Hall–Kier alpha value is -2.48. The number of nitrogens with one attached hydrogen (secondary N) is 1. The second-order valence-corrected chi connectivity index (χ2v) is 5.06. The highest BCUT2D eigenvalue weighted by Gasteiger charge is 2.12. The number of phenolic OH excluding ortho intramolecular Hbond substituents is 1. The molecule has 108 valence electrons. The van der Waals surface area contributed by atoms with E-state index in [2.05, 4.69) is 26.2 Å². The fourth-order valence-corrected chi connectivity index (χ4v) is 2.01. The predicted octanol–water partition coefficient (Wildman–Crippen LogP) is 2.39. The summed E-state index contributed by atoms with van der Waals surface area (Å²) in [6.07, 6.45) is 2.94. The van der Waals surface area contributed by atoms with E-state index in [4.69, 9.17) is 0 Å². The zero-order chi connectivity index (χ0) is 15.4. The Labute approximate surface area is 127 Å². The van der Waals surface area contributed by atoms with E-state index in [-0.39, 0.29) is 23.5 Å². The van der Waals surface area contributed by atoms with E-state index in [1.165, 1.54) is 24.4 Å². The van der Waals surface area contributed by atoms with Crippen molar-refractivity contribution in [1.29, 1.82) is 0 Å². The molecule has 0 atom stereocenters. The van der Waals surface area contributed by atoms with Crippen molar-refractivity contribution in [2.24, 2.45) is 0 Å². The Morgan fingerprint density at radius 2 is 2.14 bits per heavy atom. The first kappa shape index (κ1) is 14.9. The minimum absolute atomic E-state index is 0.0289. The predicted molar refractivity (Wildman–Crippen MR) is 77.9 cm³/mol. The lowest BCUT2D eigenvalue weighted by molar-refractivity contribution is -0.384. The molecular weight excluding hydrogens is 342 g/mol. The van der Waals surface area contributed by atoms with Crippen LogP contribution in [-0.2, 0) is 6.54 Å². The van der Waals surface area contributed by atoms with Crippen molar-refractivity contribution in [3.05, 3.63) is 62.4 Å². The molecule has 1 amide bonds. The average Bonchev–Trinajstić information content (AvgIpc) is 2.45. The number of hydrogen-bond acceptors (Lipinski definition) is 5. The number of benzene rings is 1. The van der Waals surface area contributed by atoms with E-state index in [1.807, 2.05) is 0 Å². The molecule has 0 saturated heterocycles. The van der Waals surface area contributed by atoms with Gasteiger partial charge in [0.2, 0.25) is 0 Å². The van der Waals surface area contributed by atoms with Crippen LogP contribution < -0.4 is 5.32 Å². The molecule has 7 nitrogen and oxygen atoms in total. The normalized spacial score (nSPS) is 10.1. The lowest BCUT2D eigenvalue weighted by Gasteiger charge is -2.07. The van der Waals surface area contributed by atoms with Gasteiger partial charge in [-0.3, -0.25) is 19.9 Å². The molecule has 1 heterocycles. The van der Waals surface area contributed by atoms with Gasteiger partial charge in [0.15, 0.2) is 0 Å². The Balaban J connectivity index is 2.11. The van der Waals surface area contributed by atoms with E-state index in [0.717, 1.165) is 0 Å². The first-order chi connectivity index (χ1) is 9.97. The van der Waals surface area contributed by atoms with E-state index in [9.17, 15) is 20.0 Å². The van der Waals surface area contributed by atoms with Crippen molar-refractivity contribution >= 4 is 27.5 Å². The van der Waals surface area contributed by atoms with Crippen LogP contribution >= 0.6 is 15.9 Å². The van der Waals surface area contributed by atoms with Crippen LogP contribution in [0.1, 0.15) is 15.9 Å². The van der Waals surface area contributed by atoms with Gasteiger partial charge in [0.05, 0.1) is 10.5 Å². The Kier molecular flexibility index (Phi) is 4.49. The highest BCUT2D eigenvalue weighted by Crippen LogP contribution is 2.22. The molecule has 21 heavy (non-hydrogen) atoms. The molecule has 0 spiro atoms. The number of carbonyl (C=O) groups is 1. The van der Waals surface area contributed by atoms with E-state index >= 15 is 0 Å². The van der Waals surface area contributed by atoms with Gasteiger partial charge < -0.3 is 10.4 Å². The number of aromatic hydroxyl groups is 1. The van der Waals surface area contributed by atoms with Crippen molar-refractivity contribution in [1.82, 2.24) is 10.3 Å². The van der Waals surface area contributed by atoms with Gasteiger partial charge in [-0.2, -0.15) is 0 Å². The van der Waals surface area contributed by atoms with Crippen molar-refractivity contribution in [2.45, 2.75) is 6.54 Å². The number of aromatic nitrogens is 1. The molecule has 0 saturated carbocycles. The number of halogens is 1. The van der Waals surface area contributed by atoms with Crippen LogP contribution in [0.25, 0.3) is 0 Å². The number of nitrogens with zero attached hydrogens (tertiary/aromatic N) is 2. The van der Waals surface area contributed by atoms with Gasteiger partial charge in [0.1, 0.15) is 5.75 Å². The quantitative estimate of drug-likeness (QED) is 0.649. The zero-order valence-electron chi connectivity index (χ0n) is 10.6. The van der Waals surface area contributed by atoms with Gasteiger partial charge in [-0.15, -0.1) is 0 Å². The lowest BCUT2D eigenvalue weighted by atomic mass is 10.1. The second kappa shape index (κ2) is 6.31. The number of hydrogen-bond donors (Lipinski definition) is 2. The first-order valence-corrected chi connectivity index (χ1v) is 6.61. The van der Waals surface area contributed by atoms with Crippen molar-refractivity contribution in [3.8, 4) is 5.75 Å². The van der Waals surface area contributed by atoms with Gasteiger partial charge in [0.25, 0.3) is 11.6 Å². The van der Waals surface area contributed by atoms with Crippen LogP contribution in [0, 0.1) is 10.1 Å². The number of nitro benzene ring substituents is 1. The van der Waals surface area contributed by atoms with Gasteiger partial charge in [0, 0.05) is 41.1 Å². The molecule has 2 rings (SSSR count). The Bertz CT molecular complexity index is 706. The largest absolute Gasteiger partial charge is 0.508 e. The molecule has 2 aromatic rings. The summed E-state index contributed by atoms with van der Waals surface area (Å²) in [6.45, 7) is -0.0289. The number of non-ortho nitro benzene ring substituents is 1. The summed E-state index contributed by atoms with van der Waals surface area (Å²) >= 11 is 3.21. The molecular formula is C13H10BrN3O4. The SMILES string of the molecule is O=C(NCc1cc([N+](=O)[O-])ccc1O)c1cncc(Br)c1. The van der Waals surface area contributed by atoms with Crippen molar-refractivity contribution in [2.75, 3.05) is 0 Å². The zero-order valence-corrected chi connectivity index (χ0v) is 12.2. The number of rotatable bonds is 4. The maximum absolute atomic E-state index is 11.9. The lowest BCUT2D eigenvalue weighted by Crippen LogP contribution is -2.23. The van der Waals surface area contributed by atoms with Gasteiger partial charge in [-0.1, -0.05) is 0 Å². The summed E-state index contributed by atoms with van der Waals surface area (Å²) < 4.78 is 0.661. The van der Waals surface area contributed by atoms with Crippen LogP contribution in [0.4, 0.5) is 5.69 Å². The summed E-state index contributed by atoms with van der Waals surface area (Å²) in [4.78, 5) is 25.9. The molecule has 0 aliphatic rings. The van der Waals surface area contributed by atoms with Crippen LogP contribution in [0.5, 0.6) is 5.75 Å². The first-order valence-electron chi connectivity index (χ1n) is 5.82. The maximum atomic E-state index is 11.9. The Morgan fingerprint density at radius 3 is 2.81 bits per heavy atom.